The van der Waals surface area contributed by atoms with Gasteiger partial charge in [0.15, 0.2) is 0 Å². The average molecular weight is 494 g/mol. The van der Waals surface area contributed by atoms with E-state index in [-0.39, 0.29) is 17.6 Å². The van der Waals surface area contributed by atoms with E-state index in [0.29, 0.717) is 27.8 Å². The van der Waals surface area contributed by atoms with Crippen molar-refractivity contribution in [1.82, 2.24) is 4.90 Å². The third-order valence-corrected chi connectivity index (χ3v) is 5.45. The Kier molecular flexibility index (Phi) is 7.20. The molecule has 0 aromatic heterocycles. The van der Waals surface area contributed by atoms with Gasteiger partial charge in [-0.2, -0.15) is 0 Å². The van der Waals surface area contributed by atoms with Gasteiger partial charge in [0, 0.05) is 17.8 Å². The van der Waals surface area contributed by atoms with E-state index in [1.807, 2.05) is 30.3 Å². The summed E-state index contributed by atoms with van der Waals surface area (Å²) in [5, 5.41) is 10.1. The zero-order chi connectivity index (χ0) is 26.6. The van der Waals surface area contributed by atoms with E-state index in [4.69, 9.17) is 4.74 Å². The normalized spacial score (nSPS) is 13.8. The predicted octanol–water partition coefficient (Wildman–Crippen LogP) is 6.18. The molecule has 0 atom stereocenters. The van der Waals surface area contributed by atoms with Gasteiger partial charge in [-0.1, -0.05) is 42.5 Å². The number of para-hydroxylation sites is 1. The van der Waals surface area contributed by atoms with Crippen molar-refractivity contribution in [3.8, 4) is 5.75 Å². The number of rotatable bonds is 6. The van der Waals surface area contributed by atoms with Crippen LogP contribution in [-0.2, 0) is 9.53 Å². The second kappa shape index (κ2) is 10.5. The maximum absolute atomic E-state index is 12.7. The van der Waals surface area contributed by atoms with E-state index < -0.39 is 11.6 Å². The van der Waals surface area contributed by atoms with Crippen LogP contribution >= 0.6 is 0 Å². The molecule has 3 aromatic carbocycles. The van der Waals surface area contributed by atoms with Crippen LogP contribution in [0.1, 0.15) is 63.7 Å². The lowest BCUT2D eigenvalue weighted by atomic mass is 10.0. The molecule has 186 valence electrons. The van der Waals surface area contributed by atoms with Gasteiger partial charge in [0.1, 0.15) is 11.4 Å². The van der Waals surface area contributed by atoms with Crippen LogP contribution in [0.3, 0.4) is 0 Å². The molecule has 6 nitrogen and oxygen atoms in total. The molecule has 0 spiro atoms. The van der Waals surface area contributed by atoms with Crippen LogP contribution < -0.4 is 0 Å². The molecule has 0 saturated heterocycles. The number of benzene rings is 3. The van der Waals surface area contributed by atoms with Gasteiger partial charge in [0.05, 0.1) is 11.1 Å². The molecule has 1 N–H and O–H groups in total. The molecule has 1 heterocycles. The van der Waals surface area contributed by atoms with Crippen LogP contribution in [0, 0.1) is 0 Å². The summed E-state index contributed by atoms with van der Waals surface area (Å²) in [6.45, 7) is 5.39. The molecule has 3 aromatic rings. The van der Waals surface area contributed by atoms with Gasteiger partial charge < -0.3 is 9.84 Å². The fourth-order valence-corrected chi connectivity index (χ4v) is 3.81. The summed E-state index contributed by atoms with van der Waals surface area (Å²) in [4.78, 5) is 38.7. The number of hydrogen-bond acceptors (Lipinski definition) is 5. The van der Waals surface area contributed by atoms with Gasteiger partial charge in [0.2, 0.25) is 0 Å². The highest BCUT2D eigenvalue weighted by Crippen LogP contribution is 2.24. The highest BCUT2D eigenvalue weighted by atomic mass is 16.6. The Morgan fingerprint density at radius 1 is 0.784 bits per heavy atom. The third kappa shape index (κ3) is 6.30. The van der Waals surface area contributed by atoms with Crippen LogP contribution in [0.2, 0.25) is 0 Å². The summed E-state index contributed by atoms with van der Waals surface area (Å²) >= 11 is 0. The summed E-state index contributed by atoms with van der Waals surface area (Å²) < 4.78 is 5.34. The summed E-state index contributed by atoms with van der Waals surface area (Å²) in [6.07, 6.45) is 9.74. The number of hydrogen-bond donors (Lipinski definition) is 1. The molecule has 0 unspecified atom stereocenters. The number of nitrogens with zero attached hydrogens (tertiary/aromatic N) is 1. The summed E-state index contributed by atoms with van der Waals surface area (Å²) in [6, 6.07) is 19.3. The standard InChI is InChI=1S/C31H27NO5/c1-31(2,3)37-28(34)15-13-22-18-21(12-14-24-8-4-7-11-27(24)33)19-23(20-22)16-17-32-29(35)25-9-5-6-10-26(25)30(32)36/h4-20,33H,1-3H3. The van der Waals surface area contributed by atoms with Gasteiger partial charge in [-0.15, -0.1) is 0 Å². The number of imide groups is 1. The van der Waals surface area contributed by atoms with Gasteiger partial charge in [0.25, 0.3) is 11.8 Å². The summed E-state index contributed by atoms with van der Waals surface area (Å²) in [7, 11) is 0. The summed E-state index contributed by atoms with van der Waals surface area (Å²) in [5.74, 6) is -1.06. The highest BCUT2D eigenvalue weighted by molar-refractivity contribution is 6.22. The Morgan fingerprint density at radius 3 is 1.92 bits per heavy atom. The maximum Gasteiger partial charge on any atom is 0.331 e. The molecule has 37 heavy (non-hydrogen) atoms. The van der Waals surface area contributed by atoms with Crippen molar-refractivity contribution < 1.29 is 24.2 Å². The first-order chi connectivity index (χ1) is 17.6. The number of phenolic OH excluding ortho intramolecular Hbond substituents is 1. The molecule has 0 radical (unpaired) electrons. The van der Waals surface area contributed by atoms with Crippen molar-refractivity contribution in [2.45, 2.75) is 26.4 Å². The van der Waals surface area contributed by atoms with Crippen LogP contribution in [0.4, 0.5) is 0 Å². The Balaban J connectivity index is 1.65. The number of carbonyl (C=O) groups is 3. The zero-order valence-electron chi connectivity index (χ0n) is 20.8. The number of aromatic hydroxyl groups is 1. The Bertz CT molecular complexity index is 1420. The number of ether oxygens (including phenoxy) is 1. The quantitative estimate of drug-likeness (QED) is 0.192. The minimum absolute atomic E-state index is 0.158. The lowest BCUT2D eigenvalue weighted by Crippen LogP contribution is -2.23. The molecule has 0 fully saturated rings. The first-order valence-corrected chi connectivity index (χ1v) is 11.8. The van der Waals surface area contributed by atoms with Gasteiger partial charge in [-0.3, -0.25) is 9.59 Å². The van der Waals surface area contributed by atoms with E-state index in [0.717, 1.165) is 10.5 Å². The predicted molar refractivity (Wildman–Crippen MR) is 144 cm³/mol. The van der Waals surface area contributed by atoms with E-state index in [2.05, 4.69) is 0 Å². The first-order valence-electron chi connectivity index (χ1n) is 11.8. The molecule has 6 heteroatoms. The minimum atomic E-state index is -0.607. The van der Waals surface area contributed by atoms with Crippen LogP contribution in [-0.4, -0.2) is 33.4 Å². The van der Waals surface area contributed by atoms with Crippen molar-refractivity contribution >= 4 is 42.1 Å². The van der Waals surface area contributed by atoms with Crippen LogP contribution in [0.25, 0.3) is 24.3 Å². The molecule has 1 aliphatic heterocycles. The second-order valence-corrected chi connectivity index (χ2v) is 9.53. The number of phenols is 1. The molecule has 4 rings (SSSR count). The molecule has 0 saturated carbocycles. The van der Waals surface area contributed by atoms with Crippen molar-refractivity contribution in [1.29, 1.82) is 0 Å². The number of carbonyl (C=O) groups excluding carboxylic acids is 3. The van der Waals surface area contributed by atoms with Gasteiger partial charge in [-0.05, 0) is 86.0 Å². The van der Waals surface area contributed by atoms with E-state index >= 15 is 0 Å². The Labute approximate surface area is 215 Å². The Hall–Kier alpha value is -4.71. The van der Waals surface area contributed by atoms with Crippen molar-refractivity contribution in [3.05, 3.63) is 112 Å². The monoisotopic (exact) mass is 493 g/mol. The fourth-order valence-electron chi connectivity index (χ4n) is 3.81. The molecule has 0 aliphatic carbocycles. The first kappa shape index (κ1) is 25.4. The van der Waals surface area contributed by atoms with Crippen molar-refractivity contribution in [2.24, 2.45) is 0 Å². The van der Waals surface area contributed by atoms with Crippen molar-refractivity contribution in [3.63, 3.8) is 0 Å². The van der Waals surface area contributed by atoms with E-state index in [9.17, 15) is 19.5 Å². The fraction of sp³-hybridized carbons (Fsp3) is 0.129. The van der Waals surface area contributed by atoms with Crippen LogP contribution in [0.5, 0.6) is 5.75 Å². The smallest absolute Gasteiger partial charge is 0.331 e. The van der Waals surface area contributed by atoms with E-state index in [1.54, 1.807) is 81.5 Å². The minimum Gasteiger partial charge on any atom is -0.507 e. The van der Waals surface area contributed by atoms with Gasteiger partial charge in [-0.25, -0.2) is 9.69 Å². The molecule has 2 amide bonds. The molecular weight excluding hydrogens is 466 g/mol. The molecule has 1 aliphatic rings. The lowest BCUT2D eigenvalue weighted by molar-refractivity contribution is -0.148. The average Bonchev–Trinajstić information content (AvgIpc) is 3.09. The van der Waals surface area contributed by atoms with Crippen LogP contribution in [0.15, 0.2) is 79.0 Å². The highest BCUT2D eigenvalue weighted by Gasteiger charge is 2.33. The number of fused-ring (bicyclic) bond motifs is 1. The third-order valence-electron chi connectivity index (χ3n) is 5.45. The SMILES string of the molecule is CC(C)(C)OC(=O)C=Cc1cc(C=Cc2ccccc2O)cc(C=CN2C(=O)c3ccccc3C2=O)c1. The topological polar surface area (TPSA) is 83.9 Å². The van der Waals surface area contributed by atoms with Gasteiger partial charge >= 0.3 is 5.97 Å². The zero-order valence-corrected chi connectivity index (χ0v) is 20.8. The molecular formula is C31H27NO5. The lowest BCUT2D eigenvalue weighted by Gasteiger charge is -2.17. The number of amides is 2. The second-order valence-electron chi connectivity index (χ2n) is 9.53. The Morgan fingerprint density at radius 2 is 1.32 bits per heavy atom. The molecule has 0 bridgehead atoms. The van der Waals surface area contributed by atoms with E-state index in [1.165, 1.54) is 12.3 Å². The largest absolute Gasteiger partial charge is 0.507 e. The number of esters is 1. The maximum atomic E-state index is 12.7. The van der Waals surface area contributed by atoms with Crippen molar-refractivity contribution in [2.75, 3.05) is 0 Å². The summed E-state index contributed by atoms with van der Waals surface area (Å²) in [5.41, 5.74) is 3.00.